The van der Waals surface area contributed by atoms with Crippen LogP contribution in [-0.2, 0) is 4.79 Å². The van der Waals surface area contributed by atoms with Crippen LogP contribution in [0, 0.1) is 11.3 Å². The van der Waals surface area contributed by atoms with Crippen LogP contribution in [0.15, 0.2) is 0 Å². The fraction of sp³-hybridized carbons (Fsp3) is 0.900. The molecule has 0 aromatic carbocycles. The van der Waals surface area contributed by atoms with Crippen molar-refractivity contribution in [2.24, 2.45) is 11.3 Å². The van der Waals surface area contributed by atoms with Crippen molar-refractivity contribution in [1.29, 1.82) is 0 Å². The predicted octanol–water partition coefficient (Wildman–Crippen LogP) is -0.404. The molecular weight excluding hydrogens is 182 g/mol. The van der Waals surface area contributed by atoms with Gasteiger partial charge in [-0.15, -0.1) is 0 Å². The Bertz CT molecular complexity index is 254. The number of amides is 1. The van der Waals surface area contributed by atoms with Crippen LogP contribution in [0.3, 0.4) is 0 Å². The molecule has 1 heterocycles. The Morgan fingerprint density at radius 1 is 1.29 bits per heavy atom. The maximum absolute atomic E-state index is 11.8. The molecule has 4 heteroatoms. The lowest BCUT2D eigenvalue weighted by Gasteiger charge is -2.16. The van der Waals surface area contributed by atoms with Gasteiger partial charge in [0.25, 0.3) is 0 Å². The zero-order chi connectivity index (χ0) is 10.5. The van der Waals surface area contributed by atoms with Crippen molar-refractivity contribution in [3.63, 3.8) is 0 Å². The van der Waals surface area contributed by atoms with Gasteiger partial charge in [0.1, 0.15) is 0 Å². The third kappa shape index (κ3) is 1.53. The summed E-state index contributed by atoms with van der Waals surface area (Å²) in [5, 5.41) is 18.6. The number of aliphatic hydroxyl groups excluding tert-OH is 2. The minimum Gasteiger partial charge on any atom is -0.388 e. The first kappa shape index (κ1) is 9.93. The van der Waals surface area contributed by atoms with E-state index in [0.29, 0.717) is 0 Å². The van der Waals surface area contributed by atoms with Crippen molar-refractivity contribution in [2.75, 3.05) is 13.1 Å². The predicted molar refractivity (Wildman–Crippen MR) is 50.5 cm³/mol. The smallest absolute Gasteiger partial charge is 0.226 e. The maximum atomic E-state index is 11.8. The molecule has 2 aliphatic rings. The number of aliphatic hydroxyl groups is 2. The lowest BCUT2D eigenvalue weighted by atomic mass is 10.1. The second-order valence-electron chi connectivity index (χ2n) is 5.12. The van der Waals surface area contributed by atoms with Crippen LogP contribution in [0.2, 0.25) is 0 Å². The van der Waals surface area contributed by atoms with Crippen LogP contribution >= 0.6 is 0 Å². The van der Waals surface area contributed by atoms with Crippen LogP contribution in [0.1, 0.15) is 20.3 Å². The molecule has 1 saturated carbocycles. The number of hydrogen-bond donors (Lipinski definition) is 2. The van der Waals surface area contributed by atoms with Gasteiger partial charge in [-0.2, -0.15) is 0 Å². The van der Waals surface area contributed by atoms with E-state index in [2.05, 4.69) is 13.8 Å². The zero-order valence-electron chi connectivity index (χ0n) is 8.60. The molecule has 0 aromatic rings. The van der Waals surface area contributed by atoms with Gasteiger partial charge in [-0.1, -0.05) is 13.8 Å². The number of carbonyl (C=O) groups excluding carboxylic acids is 1. The molecule has 1 aliphatic heterocycles. The topological polar surface area (TPSA) is 60.8 Å². The van der Waals surface area contributed by atoms with Crippen molar-refractivity contribution < 1.29 is 15.0 Å². The molecule has 0 radical (unpaired) electrons. The second kappa shape index (κ2) is 2.94. The summed E-state index contributed by atoms with van der Waals surface area (Å²) in [5.41, 5.74) is 0.121. The van der Waals surface area contributed by atoms with Gasteiger partial charge < -0.3 is 15.1 Å². The summed E-state index contributed by atoms with van der Waals surface area (Å²) in [4.78, 5) is 13.4. The quantitative estimate of drug-likeness (QED) is 0.604. The van der Waals surface area contributed by atoms with E-state index in [9.17, 15) is 15.0 Å². The first-order valence-corrected chi connectivity index (χ1v) is 5.07. The molecule has 4 nitrogen and oxygen atoms in total. The van der Waals surface area contributed by atoms with Crippen molar-refractivity contribution in [1.82, 2.24) is 4.90 Å². The molecule has 1 aliphatic carbocycles. The highest BCUT2D eigenvalue weighted by molar-refractivity contribution is 5.82. The van der Waals surface area contributed by atoms with E-state index in [0.717, 1.165) is 6.42 Å². The summed E-state index contributed by atoms with van der Waals surface area (Å²) < 4.78 is 0. The van der Waals surface area contributed by atoms with Crippen LogP contribution in [0.4, 0.5) is 0 Å². The minimum atomic E-state index is -0.763. The normalized spacial score (nSPS) is 40.0. The highest BCUT2D eigenvalue weighted by Crippen LogP contribution is 2.52. The van der Waals surface area contributed by atoms with Crippen molar-refractivity contribution in [3.05, 3.63) is 0 Å². The van der Waals surface area contributed by atoms with Gasteiger partial charge in [0, 0.05) is 19.0 Å². The average Bonchev–Trinajstić information content (AvgIpc) is 2.59. The lowest BCUT2D eigenvalue weighted by molar-refractivity contribution is -0.132. The zero-order valence-corrected chi connectivity index (χ0v) is 8.60. The third-order valence-electron chi connectivity index (χ3n) is 3.38. The summed E-state index contributed by atoms with van der Waals surface area (Å²) in [6.45, 7) is 4.70. The van der Waals surface area contributed by atoms with Crippen LogP contribution < -0.4 is 0 Å². The molecule has 2 rings (SSSR count). The first-order chi connectivity index (χ1) is 6.42. The molecule has 0 aromatic heterocycles. The molecule has 0 spiro atoms. The monoisotopic (exact) mass is 199 g/mol. The van der Waals surface area contributed by atoms with Crippen molar-refractivity contribution in [2.45, 2.75) is 32.5 Å². The fourth-order valence-corrected chi connectivity index (χ4v) is 2.06. The maximum Gasteiger partial charge on any atom is 0.226 e. The molecule has 80 valence electrons. The number of likely N-dealkylation sites (tertiary alicyclic amines) is 1. The Kier molecular flexibility index (Phi) is 2.08. The van der Waals surface area contributed by atoms with Gasteiger partial charge >= 0.3 is 0 Å². The number of rotatable bonds is 1. The van der Waals surface area contributed by atoms with E-state index in [1.807, 2.05) is 0 Å². The van der Waals surface area contributed by atoms with Crippen LogP contribution in [0.5, 0.6) is 0 Å². The Morgan fingerprint density at radius 3 is 2.07 bits per heavy atom. The first-order valence-electron chi connectivity index (χ1n) is 5.07. The van der Waals surface area contributed by atoms with E-state index in [-0.39, 0.29) is 30.3 Å². The van der Waals surface area contributed by atoms with Crippen LogP contribution in [-0.4, -0.2) is 46.3 Å². The molecule has 2 N–H and O–H groups in total. The van der Waals surface area contributed by atoms with E-state index in [4.69, 9.17) is 0 Å². The summed E-state index contributed by atoms with van der Waals surface area (Å²) in [6, 6.07) is 0. The van der Waals surface area contributed by atoms with Gasteiger partial charge in [0.15, 0.2) is 0 Å². The summed E-state index contributed by atoms with van der Waals surface area (Å²) in [7, 11) is 0. The number of nitrogens with zero attached hydrogens (tertiary/aromatic N) is 1. The van der Waals surface area contributed by atoms with E-state index in [1.165, 1.54) is 0 Å². The van der Waals surface area contributed by atoms with E-state index in [1.54, 1.807) is 4.90 Å². The van der Waals surface area contributed by atoms with Crippen LogP contribution in [0.25, 0.3) is 0 Å². The van der Waals surface area contributed by atoms with Gasteiger partial charge in [0.05, 0.1) is 12.2 Å². The highest BCUT2D eigenvalue weighted by Gasteiger charge is 2.53. The SMILES string of the molecule is CC1(C)CC1C(=O)N1CC(O)C(O)C1. The lowest BCUT2D eigenvalue weighted by Crippen LogP contribution is -2.32. The third-order valence-corrected chi connectivity index (χ3v) is 3.38. The molecular formula is C10H17NO3. The van der Waals surface area contributed by atoms with Gasteiger partial charge in [-0.3, -0.25) is 4.79 Å². The van der Waals surface area contributed by atoms with Gasteiger partial charge in [-0.25, -0.2) is 0 Å². The molecule has 0 bridgehead atoms. The van der Waals surface area contributed by atoms with E-state index < -0.39 is 12.2 Å². The Hall–Kier alpha value is -0.610. The Labute approximate surface area is 83.5 Å². The summed E-state index contributed by atoms with van der Waals surface area (Å²) >= 11 is 0. The van der Waals surface area contributed by atoms with Crippen molar-refractivity contribution in [3.8, 4) is 0 Å². The second-order valence-corrected chi connectivity index (χ2v) is 5.12. The van der Waals surface area contributed by atoms with Gasteiger partial charge in [0.2, 0.25) is 5.91 Å². The highest BCUT2D eigenvalue weighted by atomic mass is 16.3. The number of carbonyl (C=O) groups is 1. The Morgan fingerprint density at radius 2 is 1.71 bits per heavy atom. The number of hydrogen-bond acceptors (Lipinski definition) is 3. The van der Waals surface area contributed by atoms with Gasteiger partial charge in [-0.05, 0) is 11.8 Å². The standard InChI is InChI=1S/C10H17NO3/c1-10(2)3-6(10)9(14)11-4-7(12)8(13)5-11/h6-8,12-13H,3-5H2,1-2H3. The summed E-state index contributed by atoms with van der Waals surface area (Å²) in [5.74, 6) is 0.186. The van der Waals surface area contributed by atoms with Crippen molar-refractivity contribution >= 4 is 5.91 Å². The largest absolute Gasteiger partial charge is 0.388 e. The number of β-amino-alcohol motifs (C(OH)–C–C–N with tert-alkyl or cyclic N) is 2. The molecule has 1 amide bonds. The molecule has 2 fully saturated rings. The average molecular weight is 199 g/mol. The Balaban J connectivity index is 1.95. The summed E-state index contributed by atoms with van der Waals surface area (Å²) in [6.07, 6.45) is -0.601. The minimum absolute atomic E-state index is 0.0885. The molecule has 1 saturated heterocycles. The molecule has 14 heavy (non-hydrogen) atoms. The van der Waals surface area contributed by atoms with E-state index >= 15 is 0 Å². The molecule has 3 unspecified atom stereocenters. The molecule has 3 atom stereocenters. The fourth-order valence-electron chi connectivity index (χ4n) is 2.06.